The molecule has 0 rings (SSSR count). The second-order valence-corrected chi connectivity index (χ2v) is 14.1. The van der Waals surface area contributed by atoms with E-state index in [9.17, 15) is 0 Å². The van der Waals surface area contributed by atoms with E-state index in [1.807, 2.05) is 0 Å². The average molecular weight is 216 g/mol. The average Bonchev–Trinajstić information content (AvgIpc) is 2.02. The molecular formula is C10H24OSi2. The Bertz CT molecular complexity index is 164. The molecule has 0 radical (unpaired) electrons. The van der Waals surface area contributed by atoms with E-state index in [0.29, 0.717) is 0 Å². The second-order valence-electron chi connectivity index (χ2n) is 4.89. The molecule has 0 spiro atoms. The smallest absolute Gasteiger partial charge is 0.186 e. The van der Waals surface area contributed by atoms with E-state index < -0.39 is 16.4 Å². The normalized spacial score (nSPS) is 13.0. The highest BCUT2D eigenvalue weighted by molar-refractivity contribution is 6.84. The molecule has 0 aromatic heterocycles. The first kappa shape index (κ1) is 13.1. The van der Waals surface area contributed by atoms with Crippen LogP contribution in [0.5, 0.6) is 0 Å². The minimum absolute atomic E-state index is 0.870. The monoisotopic (exact) mass is 216 g/mol. The molecule has 0 aromatic carbocycles. The lowest BCUT2D eigenvalue weighted by Gasteiger charge is -2.26. The highest BCUT2D eigenvalue weighted by atomic mass is 28.4. The van der Waals surface area contributed by atoms with Crippen LogP contribution in [0, 0.1) is 0 Å². The van der Waals surface area contributed by atoms with E-state index in [2.05, 4.69) is 45.4 Å². The number of rotatable bonds is 6. The van der Waals surface area contributed by atoms with Crippen LogP contribution in [0.2, 0.25) is 38.3 Å². The van der Waals surface area contributed by atoms with Crippen molar-refractivity contribution in [3.63, 3.8) is 0 Å². The third-order valence-electron chi connectivity index (χ3n) is 2.46. The van der Waals surface area contributed by atoms with Crippen LogP contribution in [-0.4, -0.2) is 23.0 Å². The summed E-state index contributed by atoms with van der Waals surface area (Å²) in [5.41, 5.74) is 2.18. The zero-order valence-corrected chi connectivity index (χ0v) is 11.8. The van der Waals surface area contributed by atoms with E-state index >= 15 is 0 Å². The van der Waals surface area contributed by atoms with Crippen molar-refractivity contribution in [3.05, 3.63) is 12.3 Å². The van der Waals surface area contributed by atoms with E-state index in [1.54, 1.807) is 0 Å². The van der Waals surface area contributed by atoms with Gasteiger partial charge in [-0.15, -0.1) is 12.3 Å². The number of hydrogen-bond acceptors (Lipinski definition) is 1. The SMILES string of the molecule is C=C[Si](C)(C)CC[Si](C)(C)OCC. The molecule has 0 saturated heterocycles. The van der Waals surface area contributed by atoms with Crippen molar-refractivity contribution in [2.45, 2.75) is 45.2 Å². The molecule has 0 heterocycles. The molecule has 1 nitrogen and oxygen atoms in total. The van der Waals surface area contributed by atoms with E-state index in [1.165, 1.54) is 12.1 Å². The fourth-order valence-corrected chi connectivity index (χ4v) is 7.30. The van der Waals surface area contributed by atoms with E-state index in [0.717, 1.165) is 6.61 Å². The second kappa shape index (κ2) is 5.12. The summed E-state index contributed by atoms with van der Waals surface area (Å²) < 4.78 is 5.80. The largest absolute Gasteiger partial charge is 0.418 e. The molecule has 0 aliphatic heterocycles. The van der Waals surface area contributed by atoms with Crippen LogP contribution < -0.4 is 0 Å². The molecule has 13 heavy (non-hydrogen) atoms. The third-order valence-corrected chi connectivity index (χ3v) is 8.13. The molecule has 3 heteroatoms. The van der Waals surface area contributed by atoms with E-state index in [-0.39, 0.29) is 0 Å². The summed E-state index contributed by atoms with van der Waals surface area (Å²) in [5, 5.41) is 0. The van der Waals surface area contributed by atoms with Gasteiger partial charge in [0, 0.05) is 6.61 Å². The van der Waals surface area contributed by atoms with Crippen molar-refractivity contribution in [2.75, 3.05) is 6.61 Å². The summed E-state index contributed by atoms with van der Waals surface area (Å²) in [5.74, 6) is 0. The van der Waals surface area contributed by atoms with Crippen molar-refractivity contribution in [1.29, 1.82) is 0 Å². The summed E-state index contributed by atoms with van der Waals surface area (Å²) in [6, 6.07) is 2.61. The Morgan fingerprint density at radius 1 is 1.15 bits per heavy atom. The Kier molecular flexibility index (Phi) is 5.18. The van der Waals surface area contributed by atoms with Crippen LogP contribution in [0.25, 0.3) is 0 Å². The fraction of sp³-hybridized carbons (Fsp3) is 0.800. The standard InChI is InChI=1S/C10H24OSi2/c1-7-11-13(5,6)10-9-12(3,4)8-2/h8H,2,7,9-10H2,1,3-6H3. The van der Waals surface area contributed by atoms with Crippen LogP contribution in [0.4, 0.5) is 0 Å². The van der Waals surface area contributed by atoms with Gasteiger partial charge in [-0.3, -0.25) is 0 Å². The Labute approximate surface area is 85.3 Å². The minimum Gasteiger partial charge on any atom is -0.418 e. The Morgan fingerprint density at radius 3 is 2.08 bits per heavy atom. The third kappa shape index (κ3) is 6.24. The van der Waals surface area contributed by atoms with Gasteiger partial charge in [-0.25, -0.2) is 0 Å². The lowest BCUT2D eigenvalue weighted by atomic mass is 10.9. The molecule has 0 N–H and O–H groups in total. The summed E-state index contributed by atoms with van der Waals surface area (Å²) in [6.07, 6.45) is 0. The van der Waals surface area contributed by atoms with Gasteiger partial charge in [0.05, 0.1) is 8.07 Å². The summed E-state index contributed by atoms with van der Waals surface area (Å²) in [4.78, 5) is 0. The van der Waals surface area contributed by atoms with Crippen LogP contribution in [-0.2, 0) is 4.43 Å². The zero-order valence-electron chi connectivity index (χ0n) is 9.81. The Hall–Kier alpha value is 0.134. The van der Waals surface area contributed by atoms with Crippen molar-refractivity contribution < 1.29 is 4.43 Å². The maximum Gasteiger partial charge on any atom is 0.186 e. The van der Waals surface area contributed by atoms with Gasteiger partial charge in [0.2, 0.25) is 0 Å². The molecule has 0 unspecified atom stereocenters. The predicted octanol–water partition coefficient (Wildman–Crippen LogP) is 3.66. The van der Waals surface area contributed by atoms with Gasteiger partial charge < -0.3 is 4.43 Å². The van der Waals surface area contributed by atoms with Crippen molar-refractivity contribution in [1.82, 2.24) is 0 Å². The molecule has 0 aliphatic carbocycles. The predicted molar refractivity (Wildman–Crippen MR) is 66.4 cm³/mol. The molecular weight excluding hydrogens is 192 g/mol. The summed E-state index contributed by atoms with van der Waals surface area (Å²) >= 11 is 0. The van der Waals surface area contributed by atoms with Gasteiger partial charge in [-0.05, 0) is 26.1 Å². The Morgan fingerprint density at radius 2 is 1.69 bits per heavy atom. The van der Waals surface area contributed by atoms with Gasteiger partial charge in [-0.2, -0.15) is 0 Å². The first-order chi connectivity index (χ1) is 5.83. The maximum absolute atomic E-state index is 5.80. The molecule has 0 aromatic rings. The first-order valence-electron chi connectivity index (χ1n) is 5.10. The molecule has 0 bridgehead atoms. The van der Waals surface area contributed by atoms with Gasteiger partial charge in [-0.1, -0.05) is 19.1 Å². The topological polar surface area (TPSA) is 9.23 Å². The van der Waals surface area contributed by atoms with E-state index in [4.69, 9.17) is 4.43 Å². The summed E-state index contributed by atoms with van der Waals surface area (Å²) in [6.45, 7) is 16.2. The molecule has 0 fully saturated rings. The van der Waals surface area contributed by atoms with Gasteiger partial charge in [0.1, 0.15) is 0 Å². The van der Waals surface area contributed by atoms with Crippen LogP contribution in [0.3, 0.4) is 0 Å². The van der Waals surface area contributed by atoms with Crippen LogP contribution in [0.1, 0.15) is 6.92 Å². The minimum atomic E-state index is -1.34. The lowest BCUT2D eigenvalue weighted by molar-refractivity contribution is 0.330. The molecule has 0 saturated carbocycles. The highest BCUT2D eigenvalue weighted by Gasteiger charge is 2.26. The fourth-order valence-electron chi connectivity index (χ4n) is 1.19. The maximum atomic E-state index is 5.80. The van der Waals surface area contributed by atoms with Gasteiger partial charge in [0.25, 0.3) is 0 Å². The molecule has 0 aliphatic rings. The van der Waals surface area contributed by atoms with Gasteiger partial charge >= 0.3 is 0 Å². The van der Waals surface area contributed by atoms with Crippen molar-refractivity contribution in [2.24, 2.45) is 0 Å². The lowest BCUT2D eigenvalue weighted by Crippen LogP contribution is -2.34. The van der Waals surface area contributed by atoms with Crippen LogP contribution in [0.15, 0.2) is 12.3 Å². The zero-order chi connectivity index (χ0) is 10.5. The van der Waals surface area contributed by atoms with Gasteiger partial charge in [0.15, 0.2) is 8.32 Å². The first-order valence-corrected chi connectivity index (χ1v) is 11.5. The van der Waals surface area contributed by atoms with Crippen molar-refractivity contribution in [3.8, 4) is 0 Å². The quantitative estimate of drug-likeness (QED) is 0.616. The Balaban J connectivity index is 3.93. The molecule has 0 amide bonds. The molecule has 0 atom stereocenters. The molecule has 78 valence electrons. The number of hydrogen-bond donors (Lipinski definition) is 0. The van der Waals surface area contributed by atoms with Crippen molar-refractivity contribution >= 4 is 16.4 Å². The van der Waals surface area contributed by atoms with Crippen LogP contribution >= 0.6 is 0 Å². The summed E-state index contributed by atoms with van der Waals surface area (Å²) in [7, 11) is -2.44. The highest BCUT2D eigenvalue weighted by Crippen LogP contribution is 2.21.